The van der Waals surface area contributed by atoms with Crippen molar-refractivity contribution >= 4 is 38.9 Å². The predicted octanol–water partition coefficient (Wildman–Crippen LogP) is 2.38. The fourth-order valence-corrected chi connectivity index (χ4v) is 5.09. The average molecular weight is 664 g/mol. The van der Waals surface area contributed by atoms with Crippen molar-refractivity contribution < 1.29 is 61.6 Å². The quantitative estimate of drug-likeness (QED) is 0.0393. The number of furan rings is 1. The molecule has 0 saturated carbocycles. The van der Waals surface area contributed by atoms with E-state index in [-0.39, 0.29) is 47.8 Å². The Labute approximate surface area is 254 Å². The van der Waals surface area contributed by atoms with E-state index in [4.69, 9.17) is 23.8 Å². The first-order valence-corrected chi connectivity index (χ1v) is 16.9. The number of hydroxylamine groups is 2. The number of hydrogen-bond donors (Lipinski definition) is 6. The van der Waals surface area contributed by atoms with Crippen molar-refractivity contribution in [2.75, 3.05) is 20.1 Å². The lowest BCUT2D eigenvalue weighted by Gasteiger charge is -2.32. The van der Waals surface area contributed by atoms with Crippen LogP contribution in [0.2, 0.25) is 0 Å². The molecule has 0 aliphatic carbocycles. The normalized spacial score (nSPS) is 13.2. The summed E-state index contributed by atoms with van der Waals surface area (Å²) in [6, 6.07) is 5.97. The second-order valence-corrected chi connectivity index (χ2v) is 12.3. The molecule has 0 saturated heterocycles. The zero-order valence-electron chi connectivity index (χ0n) is 24.6. The largest absolute Gasteiger partial charge is 0.494 e. The van der Waals surface area contributed by atoms with Gasteiger partial charge in [-0.2, -0.15) is 0 Å². The molecular weight excluding hydrogens is 624 g/mol. The van der Waals surface area contributed by atoms with Crippen LogP contribution in [0.4, 0.5) is 0 Å². The minimum absolute atomic E-state index is 0.134. The summed E-state index contributed by atoms with van der Waals surface area (Å²) in [7, 11) is -9.46. The lowest BCUT2D eigenvalue weighted by Crippen LogP contribution is -2.48. The summed E-state index contributed by atoms with van der Waals surface area (Å²) >= 11 is 0. The first kappa shape index (κ1) is 37.1. The van der Waals surface area contributed by atoms with Gasteiger partial charge >= 0.3 is 15.4 Å². The van der Waals surface area contributed by atoms with Crippen molar-refractivity contribution in [3.8, 4) is 17.1 Å². The molecule has 1 heterocycles. The summed E-state index contributed by atoms with van der Waals surface area (Å²) in [5.74, 6) is -1.76. The maximum atomic E-state index is 13.2. The fraction of sp³-hybridized carbons (Fsp3) is 0.500. The monoisotopic (exact) mass is 663 g/mol. The number of phosphoric acid groups is 1. The summed E-state index contributed by atoms with van der Waals surface area (Å²) in [4.78, 5) is 79.6. The molecule has 16 nitrogen and oxygen atoms in total. The van der Waals surface area contributed by atoms with E-state index in [9.17, 15) is 33.3 Å². The number of nitrogens with zero attached hydrogens (tertiary/aromatic N) is 1. The van der Waals surface area contributed by atoms with Gasteiger partial charge in [0, 0.05) is 5.56 Å². The standard InChI is InChI=1S/C26H39N3O13P2/c1-4-7-8-9-21(22(5-2)29(16-30)40-17-41-44(36,37)38)25(31)27-15-28-26(32)24-11-10-23(42-24)18-12-19(39-6-3)14-20(13-18)43(33,34)35/h10-14,16,21-22H,4-9,15,17H2,1-3H3,(H,27,31)(H,28,32)(H2,33,34,35)(H2,36,37,38). The second kappa shape index (κ2) is 17.4. The van der Waals surface area contributed by atoms with Gasteiger partial charge in [0.1, 0.15) is 11.5 Å². The van der Waals surface area contributed by atoms with Crippen molar-refractivity contribution in [1.82, 2.24) is 15.7 Å². The van der Waals surface area contributed by atoms with Gasteiger partial charge in [0.2, 0.25) is 12.3 Å². The third-order valence-electron chi connectivity index (χ3n) is 6.36. The van der Waals surface area contributed by atoms with Crippen LogP contribution in [0.15, 0.2) is 34.7 Å². The number of benzene rings is 1. The van der Waals surface area contributed by atoms with Crippen LogP contribution in [-0.4, -0.2) is 69.0 Å². The molecule has 3 amide bonds. The summed E-state index contributed by atoms with van der Waals surface area (Å²) in [6.07, 6.45) is 3.23. The Bertz CT molecular complexity index is 1340. The highest BCUT2D eigenvalue weighted by atomic mass is 31.2. The fourth-order valence-electron chi connectivity index (χ4n) is 4.30. The van der Waals surface area contributed by atoms with Gasteiger partial charge in [-0.3, -0.25) is 23.5 Å². The maximum Gasteiger partial charge on any atom is 0.471 e. The van der Waals surface area contributed by atoms with Gasteiger partial charge in [-0.05, 0) is 50.1 Å². The number of unbranched alkanes of at least 4 members (excludes halogenated alkanes) is 2. The molecule has 246 valence electrons. The van der Waals surface area contributed by atoms with Crippen LogP contribution in [0.5, 0.6) is 5.75 Å². The minimum atomic E-state index is -4.85. The van der Waals surface area contributed by atoms with E-state index in [1.54, 1.807) is 13.8 Å². The molecule has 0 radical (unpaired) electrons. The topological polar surface area (TPSA) is 234 Å². The van der Waals surface area contributed by atoms with Crippen LogP contribution in [0.25, 0.3) is 11.3 Å². The maximum absolute atomic E-state index is 13.2. The van der Waals surface area contributed by atoms with Gasteiger partial charge in [0.15, 0.2) is 12.6 Å². The molecule has 2 unspecified atom stereocenters. The van der Waals surface area contributed by atoms with Crippen LogP contribution in [-0.2, 0) is 28.1 Å². The molecule has 18 heteroatoms. The SMILES string of the molecule is CCCCCC(C(=O)NCNC(=O)c1ccc(-c2cc(OCC)cc(P(=O)(O)O)c2)o1)C(CC)N(C=O)OCOP(=O)(O)O. The smallest absolute Gasteiger partial charge is 0.471 e. The van der Waals surface area contributed by atoms with Gasteiger partial charge in [-0.15, -0.1) is 0 Å². The number of ether oxygens (including phenoxy) is 1. The van der Waals surface area contributed by atoms with Crippen LogP contribution >= 0.6 is 15.4 Å². The Morgan fingerprint density at radius 2 is 1.77 bits per heavy atom. The van der Waals surface area contributed by atoms with Crippen LogP contribution in [0.1, 0.15) is 63.4 Å². The summed E-state index contributed by atoms with van der Waals surface area (Å²) in [6.45, 7) is 4.43. The second-order valence-electron chi connectivity index (χ2n) is 9.49. The van der Waals surface area contributed by atoms with Gasteiger partial charge in [0.05, 0.1) is 30.5 Å². The van der Waals surface area contributed by atoms with Crippen molar-refractivity contribution in [3.63, 3.8) is 0 Å². The number of amides is 3. The van der Waals surface area contributed by atoms with Gasteiger partial charge in [0.25, 0.3) is 5.91 Å². The van der Waals surface area contributed by atoms with E-state index in [0.29, 0.717) is 19.3 Å². The van der Waals surface area contributed by atoms with Gasteiger partial charge in [-0.1, -0.05) is 33.1 Å². The lowest BCUT2D eigenvalue weighted by molar-refractivity contribution is -0.221. The summed E-state index contributed by atoms with van der Waals surface area (Å²) in [5.41, 5.74) is 0.273. The predicted molar refractivity (Wildman–Crippen MR) is 156 cm³/mol. The number of phosphoric ester groups is 1. The van der Waals surface area contributed by atoms with Gasteiger partial charge in [-0.25, -0.2) is 14.5 Å². The van der Waals surface area contributed by atoms with E-state index in [0.717, 1.165) is 17.9 Å². The summed E-state index contributed by atoms with van der Waals surface area (Å²) in [5, 5.41) is 5.60. The Hall–Kier alpha value is -3.07. The van der Waals surface area contributed by atoms with Crippen LogP contribution < -0.4 is 20.7 Å². The molecule has 0 spiro atoms. The molecule has 44 heavy (non-hydrogen) atoms. The third-order valence-corrected chi connectivity index (χ3v) is 7.73. The Kier molecular flexibility index (Phi) is 14.7. The molecule has 6 N–H and O–H groups in total. The number of nitrogens with one attached hydrogen (secondary N) is 2. The molecule has 2 aromatic rings. The van der Waals surface area contributed by atoms with Crippen molar-refractivity contribution in [3.05, 3.63) is 36.1 Å². The first-order valence-electron chi connectivity index (χ1n) is 13.8. The Morgan fingerprint density at radius 1 is 1.05 bits per heavy atom. The highest BCUT2D eigenvalue weighted by molar-refractivity contribution is 7.60. The minimum Gasteiger partial charge on any atom is -0.494 e. The molecule has 2 rings (SSSR count). The van der Waals surface area contributed by atoms with E-state index >= 15 is 0 Å². The lowest BCUT2D eigenvalue weighted by atomic mass is 9.90. The molecule has 0 aliphatic rings. The molecule has 0 bridgehead atoms. The zero-order valence-corrected chi connectivity index (χ0v) is 26.4. The highest BCUT2D eigenvalue weighted by Gasteiger charge is 2.32. The molecule has 2 atom stereocenters. The van der Waals surface area contributed by atoms with E-state index < -0.39 is 46.0 Å². The molecule has 0 aliphatic heterocycles. The highest BCUT2D eigenvalue weighted by Crippen LogP contribution is 2.37. The average Bonchev–Trinajstić information content (AvgIpc) is 3.45. The van der Waals surface area contributed by atoms with E-state index in [2.05, 4.69) is 15.2 Å². The van der Waals surface area contributed by atoms with E-state index in [1.165, 1.54) is 30.3 Å². The van der Waals surface area contributed by atoms with Gasteiger partial charge < -0.3 is 39.4 Å². The van der Waals surface area contributed by atoms with Crippen LogP contribution in [0.3, 0.4) is 0 Å². The van der Waals surface area contributed by atoms with Crippen molar-refractivity contribution in [2.24, 2.45) is 5.92 Å². The molecule has 0 fully saturated rings. The zero-order chi connectivity index (χ0) is 32.9. The number of hydrogen-bond acceptors (Lipinski definition) is 9. The van der Waals surface area contributed by atoms with Crippen molar-refractivity contribution in [1.29, 1.82) is 0 Å². The number of carbonyl (C=O) groups is 3. The Balaban J connectivity index is 2.11. The summed E-state index contributed by atoms with van der Waals surface area (Å²) < 4.78 is 38.0. The number of rotatable bonds is 20. The molecule has 1 aromatic heterocycles. The molecular formula is C26H39N3O13P2. The number of carbonyl (C=O) groups excluding carboxylic acids is 3. The van der Waals surface area contributed by atoms with Crippen LogP contribution in [0, 0.1) is 5.92 Å². The van der Waals surface area contributed by atoms with E-state index in [1.807, 2.05) is 6.92 Å². The Morgan fingerprint density at radius 3 is 2.36 bits per heavy atom. The van der Waals surface area contributed by atoms with Crippen molar-refractivity contribution in [2.45, 2.75) is 58.9 Å². The molecule has 1 aromatic carbocycles. The first-order chi connectivity index (χ1) is 20.7. The third kappa shape index (κ3) is 11.8.